The first-order valence-electron chi connectivity index (χ1n) is 10.5. The average molecular weight is 421 g/mol. The minimum Gasteiger partial charge on any atom is -0.335 e. The van der Waals surface area contributed by atoms with Crippen LogP contribution in [-0.4, -0.2) is 60.9 Å². The third-order valence-corrected chi connectivity index (χ3v) is 6.25. The summed E-state index contributed by atoms with van der Waals surface area (Å²) < 4.78 is 14.1. The molecule has 2 aromatic heterocycles. The van der Waals surface area contributed by atoms with E-state index >= 15 is 0 Å². The Morgan fingerprint density at radius 3 is 2.48 bits per heavy atom. The van der Waals surface area contributed by atoms with Crippen LogP contribution >= 0.6 is 0 Å². The van der Waals surface area contributed by atoms with Crippen molar-refractivity contribution in [1.82, 2.24) is 29.9 Å². The van der Waals surface area contributed by atoms with Crippen LogP contribution in [0.25, 0.3) is 5.69 Å². The van der Waals surface area contributed by atoms with E-state index in [1.807, 2.05) is 24.8 Å². The predicted octanol–water partition coefficient (Wildman–Crippen LogP) is 2.55. The second-order valence-electron chi connectivity index (χ2n) is 8.45. The van der Waals surface area contributed by atoms with Gasteiger partial charge in [-0.15, -0.1) is 0 Å². The maximum Gasteiger partial charge on any atom is 0.256 e. The zero-order valence-electron chi connectivity index (χ0n) is 17.7. The quantitative estimate of drug-likeness (QED) is 0.647. The molecule has 2 fully saturated rings. The topological polar surface area (TPSA) is 80.0 Å². The summed E-state index contributed by atoms with van der Waals surface area (Å²) >= 11 is 0. The van der Waals surface area contributed by atoms with Gasteiger partial charge < -0.3 is 9.80 Å². The molecule has 2 saturated heterocycles. The Kier molecular flexibility index (Phi) is 4.68. The van der Waals surface area contributed by atoms with Gasteiger partial charge in [0.1, 0.15) is 5.82 Å². The highest BCUT2D eigenvalue weighted by Gasteiger charge is 2.47. The van der Waals surface area contributed by atoms with Gasteiger partial charge in [-0.2, -0.15) is 15.0 Å². The molecule has 3 aromatic rings. The number of carbonyl (C=O) groups is 1. The first-order valence-corrected chi connectivity index (χ1v) is 10.5. The van der Waals surface area contributed by atoms with E-state index in [4.69, 9.17) is 0 Å². The lowest BCUT2D eigenvalue weighted by atomic mass is 9.79. The van der Waals surface area contributed by atoms with E-state index in [0.717, 1.165) is 24.4 Å². The van der Waals surface area contributed by atoms with Crippen LogP contribution in [-0.2, 0) is 0 Å². The van der Waals surface area contributed by atoms with E-state index < -0.39 is 5.82 Å². The van der Waals surface area contributed by atoms with Gasteiger partial charge in [0, 0.05) is 36.4 Å². The van der Waals surface area contributed by atoms with Crippen LogP contribution in [0.2, 0.25) is 0 Å². The smallest absolute Gasteiger partial charge is 0.256 e. The number of rotatable bonds is 3. The van der Waals surface area contributed by atoms with Crippen molar-refractivity contribution in [3.8, 4) is 5.69 Å². The van der Waals surface area contributed by atoms with Gasteiger partial charge in [-0.25, -0.2) is 14.4 Å². The number of anilines is 1. The largest absolute Gasteiger partial charge is 0.335 e. The van der Waals surface area contributed by atoms with Crippen LogP contribution in [0.1, 0.15) is 35.1 Å². The fourth-order valence-corrected chi connectivity index (χ4v) is 4.75. The Labute approximate surface area is 179 Å². The molecule has 0 saturated carbocycles. The fourth-order valence-electron chi connectivity index (χ4n) is 4.75. The first kappa shape index (κ1) is 19.6. The molecule has 0 spiro atoms. The number of halogens is 1. The normalized spacial score (nSPS) is 22.8. The van der Waals surface area contributed by atoms with Crippen molar-refractivity contribution in [2.75, 3.05) is 18.0 Å². The summed E-state index contributed by atoms with van der Waals surface area (Å²) in [5, 5.41) is 8.23. The zero-order chi connectivity index (χ0) is 21.7. The number of carbonyl (C=O) groups excluding carboxylic acids is 1. The summed E-state index contributed by atoms with van der Waals surface area (Å²) in [5.74, 6) is 0.526. The van der Waals surface area contributed by atoms with Crippen molar-refractivity contribution in [2.45, 2.75) is 39.3 Å². The van der Waals surface area contributed by atoms with Crippen LogP contribution in [0.4, 0.5) is 10.3 Å². The monoisotopic (exact) mass is 421 g/mol. The number of aromatic nitrogens is 5. The van der Waals surface area contributed by atoms with Crippen LogP contribution in [0.3, 0.4) is 0 Å². The molecule has 31 heavy (non-hydrogen) atoms. The molecule has 0 aliphatic carbocycles. The highest BCUT2D eigenvalue weighted by atomic mass is 19.1. The Morgan fingerprint density at radius 1 is 1.06 bits per heavy atom. The number of fused-ring (bicyclic) bond motifs is 1. The third kappa shape index (κ3) is 3.43. The minimum absolute atomic E-state index is 0.0535. The number of benzene rings is 1. The van der Waals surface area contributed by atoms with Gasteiger partial charge in [0.25, 0.3) is 5.91 Å². The number of hydrogen-bond donors (Lipinski definition) is 0. The molecule has 0 bridgehead atoms. The van der Waals surface area contributed by atoms with Crippen molar-refractivity contribution in [2.24, 2.45) is 5.92 Å². The molecule has 5 rings (SSSR count). The molecule has 2 aliphatic rings. The van der Waals surface area contributed by atoms with E-state index in [-0.39, 0.29) is 23.6 Å². The lowest BCUT2D eigenvalue weighted by molar-refractivity contribution is 0.0424. The SMILES string of the molecule is Cc1cc(C)nc(N2C[C@@H]3C[C@@H](C)N(C(=O)c4cc(F)ccc4-n4nccn4)C[C@@H]32)n1. The average Bonchev–Trinajstić information content (AvgIpc) is 3.23. The second-order valence-corrected chi connectivity index (χ2v) is 8.45. The fraction of sp³-hybridized carbons (Fsp3) is 0.409. The summed E-state index contributed by atoms with van der Waals surface area (Å²) in [5.41, 5.74) is 2.59. The molecule has 3 atom stereocenters. The summed E-state index contributed by atoms with van der Waals surface area (Å²) in [6.07, 6.45) is 3.95. The van der Waals surface area contributed by atoms with Gasteiger partial charge in [0.15, 0.2) is 0 Å². The lowest BCUT2D eigenvalue weighted by Gasteiger charge is -2.55. The van der Waals surface area contributed by atoms with E-state index in [0.29, 0.717) is 24.1 Å². The van der Waals surface area contributed by atoms with E-state index in [1.54, 1.807) is 6.07 Å². The molecular formula is C22H24FN7O. The van der Waals surface area contributed by atoms with Crippen LogP contribution in [0.5, 0.6) is 0 Å². The summed E-state index contributed by atoms with van der Waals surface area (Å²) in [4.78, 5) is 28.1. The summed E-state index contributed by atoms with van der Waals surface area (Å²) in [7, 11) is 0. The lowest BCUT2D eigenvalue weighted by Crippen LogP contribution is -2.67. The number of hydrogen-bond acceptors (Lipinski definition) is 6. The number of aryl methyl sites for hydroxylation is 2. The molecule has 9 heteroatoms. The summed E-state index contributed by atoms with van der Waals surface area (Å²) in [6.45, 7) is 7.41. The van der Waals surface area contributed by atoms with Crippen molar-refractivity contribution in [3.05, 3.63) is 59.4 Å². The van der Waals surface area contributed by atoms with Crippen molar-refractivity contribution in [3.63, 3.8) is 0 Å². The molecule has 0 N–H and O–H groups in total. The summed E-state index contributed by atoms with van der Waals surface area (Å²) in [6, 6.07) is 6.29. The zero-order valence-corrected chi connectivity index (χ0v) is 17.7. The van der Waals surface area contributed by atoms with Crippen molar-refractivity contribution < 1.29 is 9.18 Å². The van der Waals surface area contributed by atoms with Gasteiger partial charge in [0.05, 0.1) is 29.7 Å². The molecule has 1 aromatic carbocycles. The number of amides is 1. The Balaban J connectivity index is 1.43. The Hall–Kier alpha value is -3.36. The highest BCUT2D eigenvalue weighted by Crippen LogP contribution is 2.38. The van der Waals surface area contributed by atoms with E-state index in [1.165, 1.54) is 29.3 Å². The molecule has 0 unspecified atom stereocenters. The number of likely N-dealkylation sites (tertiary alicyclic amines) is 1. The minimum atomic E-state index is -0.462. The first-order chi connectivity index (χ1) is 14.9. The Bertz CT molecular complexity index is 1110. The molecular weight excluding hydrogens is 397 g/mol. The third-order valence-electron chi connectivity index (χ3n) is 6.25. The predicted molar refractivity (Wildman–Crippen MR) is 113 cm³/mol. The number of nitrogens with zero attached hydrogens (tertiary/aromatic N) is 7. The van der Waals surface area contributed by atoms with Gasteiger partial charge in [-0.1, -0.05) is 0 Å². The van der Waals surface area contributed by atoms with E-state index in [9.17, 15) is 9.18 Å². The number of piperidine rings is 1. The molecule has 2 aliphatic heterocycles. The molecule has 1 amide bonds. The van der Waals surface area contributed by atoms with E-state index in [2.05, 4.69) is 32.0 Å². The van der Waals surface area contributed by atoms with Crippen molar-refractivity contribution >= 4 is 11.9 Å². The second kappa shape index (κ2) is 7.40. The highest BCUT2D eigenvalue weighted by molar-refractivity contribution is 5.98. The maximum atomic E-state index is 14.1. The van der Waals surface area contributed by atoms with Crippen LogP contribution in [0.15, 0.2) is 36.7 Å². The molecule has 160 valence electrons. The maximum absolute atomic E-state index is 14.1. The van der Waals surface area contributed by atoms with Gasteiger partial charge in [-0.05, 0) is 51.5 Å². The van der Waals surface area contributed by atoms with Gasteiger partial charge in [-0.3, -0.25) is 4.79 Å². The van der Waals surface area contributed by atoms with Crippen LogP contribution in [0, 0.1) is 25.6 Å². The molecule has 8 nitrogen and oxygen atoms in total. The standard InChI is InChI=1S/C22H24FN7O/c1-13-8-14(2)27-22(26-13)29-11-16-9-15(3)28(12-20(16)29)21(31)18-10-17(23)4-5-19(18)30-24-6-7-25-30/h4-8,10,15-16,20H,9,11-12H2,1-3H3/t15-,16+,20+/m1/s1. The van der Waals surface area contributed by atoms with Gasteiger partial charge >= 0.3 is 0 Å². The van der Waals surface area contributed by atoms with Crippen LogP contribution < -0.4 is 4.90 Å². The molecule has 0 radical (unpaired) electrons. The molecule has 4 heterocycles. The van der Waals surface area contributed by atoms with Crippen molar-refractivity contribution in [1.29, 1.82) is 0 Å². The van der Waals surface area contributed by atoms with Gasteiger partial charge in [0.2, 0.25) is 5.95 Å². The Morgan fingerprint density at radius 2 is 1.77 bits per heavy atom.